The monoisotopic (exact) mass is 306 g/mol. The van der Waals surface area contributed by atoms with Gasteiger partial charge >= 0.3 is 0 Å². The summed E-state index contributed by atoms with van der Waals surface area (Å²) in [6.45, 7) is 3.43. The molecule has 1 fully saturated rings. The van der Waals surface area contributed by atoms with E-state index >= 15 is 0 Å². The first-order chi connectivity index (χ1) is 10.5. The van der Waals surface area contributed by atoms with E-state index in [1.165, 1.54) is 19.3 Å². The van der Waals surface area contributed by atoms with Gasteiger partial charge in [-0.25, -0.2) is 4.39 Å². The molecule has 22 heavy (non-hydrogen) atoms. The van der Waals surface area contributed by atoms with E-state index in [2.05, 4.69) is 0 Å². The maximum atomic E-state index is 13.6. The summed E-state index contributed by atoms with van der Waals surface area (Å²) in [5.41, 5.74) is 6.56. The molecular weight excluding hydrogens is 283 g/mol. The zero-order valence-corrected chi connectivity index (χ0v) is 13.1. The van der Waals surface area contributed by atoms with Crippen LogP contribution in [0.4, 0.5) is 4.39 Å². The Kier molecular flexibility index (Phi) is 5.55. The van der Waals surface area contributed by atoms with Crippen molar-refractivity contribution < 1.29 is 13.9 Å². The summed E-state index contributed by atoms with van der Waals surface area (Å²) in [6, 6.07) is 4.71. The minimum atomic E-state index is -0.438. The number of amides is 1. The lowest BCUT2D eigenvalue weighted by atomic mass is 9.92. The molecule has 0 aliphatic carbocycles. The number of likely N-dealkylation sites (tertiary alicyclic amines) is 1. The van der Waals surface area contributed by atoms with Crippen LogP contribution in [-0.2, 0) is 4.79 Å². The number of carbonyl (C=O) groups is 1. The minimum absolute atomic E-state index is 0.0541. The van der Waals surface area contributed by atoms with Crippen LogP contribution in [0, 0.1) is 11.7 Å². The minimum Gasteiger partial charge on any atom is -0.494 e. The molecule has 5 heteroatoms. The molecule has 1 aromatic rings. The number of nitrogens with zero attached hydrogens (tertiary/aromatic N) is 1. The van der Waals surface area contributed by atoms with Crippen molar-refractivity contribution in [2.75, 3.05) is 20.2 Å². The molecule has 0 saturated carbocycles. The summed E-state index contributed by atoms with van der Waals surface area (Å²) in [7, 11) is 1.42. The smallest absolute Gasteiger partial charge is 0.246 e. The van der Waals surface area contributed by atoms with Gasteiger partial charge < -0.3 is 15.4 Å². The normalized spacial score (nSPS) is 20.2. The Balaban J connectivity index is 2.00. The van der Waals surface area contributed by atoms with Gasteiger partial charge in [-0.15, -0.1) is 0 Å². The number of hydrogen-bond donors (Lipinski definition) is 1. The molecule has 2 rings (SSSR count). The van der Waals surface area contributed by atoms with E-state index in [9.17, 15) is 9.18 Å². The lowest BCUT2D eigenvalue weighted by molar-refractivity contribution is -0.127. The second-order valence-corrected chi connectivity index (χ2v) is 5.77. The Morgan fingerprint density at radius 3 is 2.95 bits per heavy atom. The fourth-order valence-electron chi connectivity index (χ4n) is 2.70. The summed E-state index contributed by atoms with van der Waals surface area (Å²) in [4.78, 5) is 14.0. The van der Waals surface area contributed by atoms with Crippen molar-refractivity contribution in [3.05, 3.63) is 35.7 Å². The number of benzene rings is 1. The topological polar surface area (TPSA) is 55.6 Å². The van der Waals surface area contributed by atoms with Gasteiger partial charge in [-0.05, 0) is 49.5 Å². The lowest BCUT2D eigenvalue weighted by Crippen LogP contribution is -2.44. The number of piperidine rings is 1. The van der Waals surface area contributed by atoms with Gasteiger partial charge in [0.05, 0.1) is 7.11 Å². The molecule has 1 heterocycles. The Labute approximate surface area is 130 Å². The van der Waals surface area contributed by atoms with Crippen LogP contribution in [0.2, 0.25) is 0 Å². The van der Waals surface area contributed by atoms with Crippen molar-refractivity contribution in [3.8, 4) is 5.75 Å². The van der Waals surface area contributed by atoms with Crippen LogP contribution >= 0.6 is 0 Å². The maximum absolute atomic E-state index is 13.6. The number of rotatable bonds is 4. The van der Waals surface area contributed by atoms with Crippen molar-refractivity contribution in [2.45, 2.75) is 25.8 Å². The molecule has 1 amide bonds. The van der Waals surface area contributed by atoms with Gasteiger partial charge in [-0.2, -0.15) is 0 Å². The third-order valence-electron chi connectivity index (χ3n) is 4.11. The standard InChI is InChI=1S/C17H23FN2O2/c1-12(19)14-4-3-9-20(11-14)17(21)8-6-13-5-7-16(22-2)15(18)10-13/h5-8,10,12,14H,3-4,9,11,19H2,1-2H3. The molecule has 2 unspecified atom stereocenters. The third kappa shape index (κ3) is 4.07. The second-order valence-electron chi connectivity index (χ2n) is 5.77. The van der Waals surface area contributed by atoms with Gasteiger partial charge in [0.15, 0.2) is 11.6 Å². The van der Waals surface area contributed by atoms with E-state index in [1.807, 2.05) is 11.8 Å². The molecule has 1 saturated heterocycles. The van der Waals surface area contributed by atoms with Gasteiger partial charge in [0.2, 0.25) is 5.91 Å². The van der Waals surface area contributed by atoms with E-state index in [4.69, 9.17) is 10.5 Å². The van der Waals surface area contributed by atoms with Crippen LogP contribution in [0.25, 0.3) is 6.08 Å². The third-order valence-corrected chi connectivity index (χ3v) is 4.11. The second kappa shape index (κ2) is 7.40. The maximum Gasteiger partial charge on any atom is 0.246 e. The Morgan fingerprint density at radius 1 is 1.55 bits per heavy atom. The average molecular weight is 306 g/mol. The van der Waals surface area contributed by atoms with Gasteiger partial charge in [0, 0.05) is 25.2 Å². The first-order valence-electron chi connectivity index (χ1n) is 7.57. The van der Waals surface area contributed by atoms with Gasteiger partial charge in [-0.1, -0.05) is 6.07 Å². The SMILES string of the molecule is COc1ccc(C=CC(=O)N2CCCC(C(C)N)C2)cc1F. The summed E-state index contributed by atoms with van der Waals surface area (Å²) in [5.74, 6) is 0.0532. The molecular formula is C17H23FN2O2. The predicted molar refractivity (Wildman–Crippen MR) is 84.9 cm³/mol. The largest absolute Gasteiger partial charge is 0.494 e. The molecule has 0 spiro atoms. The van der Waals surface area contributed by atoms with Crippen molar-refractivity contribution in [2.24, 2.45) is 11.7 Å². The highest BCUT2D eigenvalue weighted by Crippen LogP contribution is 2.20. The average Bonchev–Trinajstić information content (AvgIpc) is 2.52. The zero-order valence-electron chi connectivity index (χ0n) is 13.1. The van der Waals surface area contributed by atoms with Crippen LogP contribution in [0.5, 0.6) is 5.75 Å². The first kappa shape index (κ1) is 16.5. The number of hydrogen-bond acceptors (Lipinski definition) is 3. The quantitative estimate of drug-likeness (QED) is 0.869. The van der Waals surface area contributed by atoms with Crippen LogP contribution in [-0.4, -0.2) is 37.0 Å². The number of methoxy groups -OCH3 is 1. The fraction of sp³-hybridized carbons (Fsp3) is 0.471. The van der Waals surface area contributed by atoms with E-state index in [0.29, 0.717) is 18.0 Å². The molecule has 2 atom stereocenters. The molecule has 0 radical (unpaired) electrons. The molecule has 1 aliphatic heterocycles. The summed E-state index contributed by atoms with van der Waals surface area (Å²) >= 11 is 0. The van der Waals surface area contributed by atoms with Crippen LogP contribution < -0.4 is 10.5 Å². The Bertz CT molecular complexity index is 558. The first-order valence-corrected chi connectivity index (χ1v) is 7.57. The van der Waals surface area contributed by atoms with Crippen molar-refractivity contribution in [1.29, 1.82) is 0 Å². The highest BCUT2D eigenvalue weighted by atomic mass is 19.1. The molecule has 1 aliphatic rings. The van der Waals surface area contributed by atoms with Crippen molar-refractivity contribution in [3.63, 3.8) is 0 Å². The molecule has 2 N–H and O–H groups in total. The highest BCUT2D eigenvalue weighted by Gasteiger charge is 2.24. The lowest BCUT2D eigenvalue weighted by Gasteiger charge is -2.34. The molecule has 0 aromatic heterocycles. The molecule has 4 nitrogen and oxygen atoms in total. The fourth-order valence-corrected chi connectivity index (χ4v) is 2.70. The summed E-state index contributed by atoms with van der Waals surface area (Å²) < 4.78 is 18.5. The van der Waals surface area contributed by atoms with Gasteiger partial charge in [0.25, 0.3) is 0 Å². The molecule has 1 aromatic carbocycles. The van der Waals surface area contributed by atoms with Crippen LogP contribution in [0.3, 0.4) is 0 Å². The van der Waals surface area contributed by atoms with Crippen molar-refractivity contribution >= 4 is 12.0 Å². The predicted octanol–water partition coefficient (Wildman–Crippen LogP) is 2.43. The van der Waals surface area contributed by atoms with E-state index in [0.717, 1.165) is 19.4 Å². The number of ether oxygens (including phenoxy) is 1. The van der Waals surface area contributed by atoms with E-state index in [1.54, 1.807) is 18.2 Å². The van der Waals surface area contributed by atoms with E-state index < -0.39 is 5.82 Å². The number of halogens is 1. The Morgan fingerprint density at radius 2 is 2.32 bits per heavy atom. The van der Waals surface area contributed by atoms with Crippen LogP contribution in [0.15, 0.2) is 24.3 Å². The van der Waals surface area contributed by atoms with Crippen molar-refractivity contribution in [1.82, 2.24) is 4.90 Å². The number of nitrogens with two attached hydrogens (primary N) is 1. The van der Waals surface area contributed by atoms with Gasteiger partial charge in [-0.3, -0.25) is 4.79 Å². The highest BCUT2D eigenvalue weighted by molar-refractivity contribution is 5.91. The summed E-state index contributed by atoms with van der Waals surface area (Å²) in [6.07, 6.45) is 5.16. The number of carbonyl (C=O) groups excluding carboxylic acids is 1. The summed E-state index contributed by atoms with van der Waals surface area (Å²) in [5, 5.41) is 0. The van der Waals surface area contributed by atoms with E-state index in [-0.39, 0.29) is 17.7 Å². The van der Waals surface area contributed by atoms with Crippen LogP contribution in [0.1, 0.15) is 25.3 Å². The Hall–Kier alpha value is -1.88. The molecule has 0 bridgehead atoms. The van der Waals surface area contributed by atoms with Gasteiger partial charge in [0.1, 0.15) is 0 Å². The zero-order chi connectivity index (χ0) is 16.1. The molecule has 120 valence electrons.